The minimum Gasteiger partial charge on any atom is -0.443 e. The molecule has 2 N–H and O–H groups in total. The molecule has 3 nitrogen and oxygen atoms in total. The molecule has 0 bridgehead atoms. The van der Waals surface area contributed by atoms with Gasteiger partial charge in [0.2, 0.25) is 0 Å². The van der Waals surface area contributed by atoms with Crippen LogP contribution in [0.2, 0.25) is 5.02 Å². The van der Waals surface area contributed by atoms with E-state index in [1.165, 1.54) is 6.39 Å². The second kappa shape index (κ2) is 3.36. The van der Waals surface area contributed by atoms with E-state index in [4.69, 9.17) is 21.8 Å². The number of oxazole rings is 1. The molecule has 0 unspecified atom stereocenters. The van der Waals surface area contributed by atoms with Crippen LogP contribution in [-0.2, 0) is 6.42 Å². The fourth-order valence-electron chi connectivity index (χ4n) is 1.27. The van der Waals surface area contributed by atoms with Gasteiger partial charge < -0.3 is 10.2 Å². The molecule has 0 amide bonds. The predicted octanol–water partition coefficient (Wildman–Crippen LogP) is 1.98. The zero-order chi connectivity index (χ0) is 9.26. The number of halogens is 1. The van der Waals surface area contributed by atoms with Crippen LogP contribution in [0.4, 0.5) is 0 Å². The number of nitrogens with two attached hydrogens (primary N) is 1. The van der Waals surface area contributed by atoms with E-state index >= 15 is 0 Å². The molecular weight excluding hydrogens is 188 g/mol. The quantitative estimate of drug-likeness (QED) is 0.799. The summed E-state index contributed by atoms with van der Waals surface area (Å²) in [5, 5.41) is 0.690. The average Bonchev–Trinajstić information content (AvgIpc) is 2.52. The van der Waals surface area contributed by atoms with Crippen LogP contribution < -0.4 is 5.73 Å². The molecule has 1 heterocycles. The SMILES string of the molecule is NCCc1cc2ncoc2cc1Cl. The standard InChI is InChI=1S/C9H9ClN2O/c10-7-4-9-8(12-5-13-9)3-6(7)1-2-11/h3-5H,1-2,11H2. The zero-order valence-corrected chi connectivity index (χ0v) is 7.71. The minimum absolute atomic E-state index is 0.586. The molecule has 0 aliphatic carbocycles. The molecule has 68 valence electrons. The maximum atomic E-state index is 6.00. The van der Waals surface area contributed by atoms with Gasteiger partial charge in [-0.3, -0.25) is 0 Å². The molecule has 0 fully saturated rings. The van der Waals surface area contributed by atoms with Gasteiger partial charge in [-0.05, 0) is 24.6 Å². The van der Waals surface area contributed by atoms with E-state index in [0.29, 0.717) is 17.2 Å². The third-order valence-corrected chi connectivity index (χ3v) is 2.26. The van der Waals surface area contributed by atoms with Crippen molar-refractivity contribution in [2.75, 3.05) is 6.54 Å². The van der Waals surface area contributed by atoms with Crippen molar-refractivity contribution in [3.63, 3.8) is 0 Å². The number of fused-ring (bicyclic) bond motifs is 1. The van der Waals surface area contributed by atoms with Crippen LogP contribution in [0.5, 0.6) is 0 Å². The Hall–Kier alpha value is -1.06. The molecule has 0 spiro atoms. The van der Waals surface area contributed by atoms with Gasteiger partial charge in [0.1, 0.15) is 5.52 Å². The highest BCUT2D eigenvalue weighted by Crippen LogP contribution is 2.23. The molecular formula is C9H9ClN2O. The first kappa shape index (κ1) is 8.53. The Kier molecular flexibility index (Phi) is 2.20. The van der Waals surface area contributed by atoms with E-state index in [-0.39, 0.29) is 0 Å². The fourth-order valence-corrected chi connectivity index (χ4v) is 1.52. The summed E-state index contributed by atoms with van der Waals surface area (Å²) in [6.45, 7) is 0.586. The smallest absolute Gasteiger partial charge is 0.181 e. The Labute approximate surface area is 80.5 Å². The molecule has 0 aliphatic heterocycles. The number of benzene rings is 1. The van der Waals surface area contributed by atoms with Gasteiger partial charge in [-0.25, -0.2) is 4.98 Å². The molecule has 0 saturated carbocycles. The lowest BCUT2D eigenvalue weighted by Crippen LogP contribution is -2.02. The summed E-state index contributed by atoms with van der Waals surface area (Å²) in [7, 11) is 0. The third kappa shape index (κ3) is 1.53. The van der Waals surface area contributed by atoms with Crippen LogP contribution in [0.15, 0.2) is 22.9 Å². The Morgan fingerprint density at radius 3 is 3.08 bits per heavy atom. The van der Waals surface area contributed by atoms with E-state index in [1.54, 1.807) is 6.07 Å². The van der Waals surface area contributed by atoms with Gasteiger partial charge >= 0.3 is 0 Å². The lowest BCUT2D eigenvalue weighted by molar-refractivity contribution is 0.602. The minimum atomic E-state index is 0.586. The first-order valence-corrected chi connectivity index (χ1v) is 4.41. The van der Waals surface area contributed by atoms with Crippen molar-refractivity contribution in [1.82, 2.24) is 4.98 Å². The Morgan fingerprint density at radius 1 is 1.46 bits per heavy atom. The van der Waals surface area contributed by atoms with Crippen LogP contribution in [0.25, 0.3) is 11.1 Å². The fraction of sp³-hybridized carbons (Fsp3) is 0.222. The Morgan fingerprint density at radius 2 is 2.31 bits per heavy atom. The van der Waals surface area contributed by atoms with Crippen LogP contribution in [0, 0.1) is 0 Å². The maximum Gasteiger partial charge on any atom is 0.181 e. The monoisotopic (exact) mass is 196 g/mol. The van der Waals surface area contributed by atoms with Crippen LogP contribution in [-0.4, -0.2) is 11.5 Å². The molecule has 1 aromatic heterocycles. The Bertz CT molecular complexity index is 424. The van der Waals surface area contributed by atoms with Crippen molar-refractivity contribution in [1.29, 1.82) is 0 Å². The van der Waals surface area contributed by atoms with Gasteiger partial charge in [-0.1, -0.05) is 11.6 Å². The second-order valence-electron chi connectivity index (χ2n) is 2.80. The van der Waals surface area contributed by atoms with E-state index < -0.39 is 0 Å². The normalized spacial score (nSPS) is 10.9. The molecule has 2 aromatic rings. The van der Waals surface area contributed by atoms with Crippen molar-refractivity contribution in [2.45, 2.75) is 6.42 Å². The first-order valence-electron chi connectivity index (χ1n) is 4.03. The molecule has 0 radical (unpaired) electrons. The number of rotatable bonds is 2. The molecule has 1 aromatic carbocycles. The van der Waals surface area contributed by atoms with Crippen molar-refractivity contribution < 1.29 is 4.42 Å². The summed E-state index contributed by atoms with van der Waals surface area (Å²) < 4.78 is 5.11. The van der Waals surface area contributed by atoms with Gasteiger partial charge in [0.15, 0.2) is 12.0 Å². The second-order valence-corrected chi connectivity index (χ2v) is 3.21. The molecule has 2 rings (SSSR count). The van der Waals surface area contributed by atoms with Crippen molar-refractivity contribution in [3.05, 3.63) is 29.1 Å². The molecule has 13 heavy (non-hydrogen) atoms. The summed E-state index contributed by atoms with van der Waals surface area (Å²) in [4.78, 5) is 4.04. The van der Waals surface area contributed by atoms with Gasteiger partial charge in [-0.2, -0.15) is 0 Å². The summed E-state index contributed by atoms with van der Waals surface area (Å²) in [6.07, 6.45) is 2.18. The van der Waals surface area contributed by atoms with E-state index in [9.17, 15) is 0 Å². The molecule has 0 aliphatic rings. The van der Waals surface area contributed by atoms with E-state index in [0.717, 1.165) is 17.5 Å². The summed E-state index contributed by atoms with van der Waals surface area (Å²) in [5.74, 6) is 0. The largest absolute Gasteiger partial charge is 0.443 e. The Balaban J connectivity index is 2.56. The van der Waals surface area contributed by atoms with Crippen LogP contribution in [0.1, 0.15) is 5.56 Å². The molecule has 0 atom stereocenters. The van der Waals surface area contributed by atoms with Gasteiger partial charge in [0.25, 0.3) is 0 Å². The van der Waals surface area contributed by atoms with E-state index in [2.05, 4.69) is 4.98 Å². The van der Waals surface area contributed by atoms with Gasteiger partial charge in [0.05, 0.1) is 0 Å². The van der Waals surface area contributed by atoms with Crippen LogP contribution in [0.3, 0.4) is 0 Å². The third-order valence-electron chi connectivity index (χ3n) is 1.91. The molecule has 4 heteroatoms. The first-order chi connectivity index (χ1) is 6.31. The topological polar surface area (TPSA) is 52.0 Å². The number of hydrogen-bond donors (Lipinski definition) is 1. The summed E-state index contributed by atoms with van der Waals surface area (Å²) in [6, 6.07) is 3.68. The molecule has 0 saturated heterocycles. The van der Waals surface area contributed by atoms with Crippen molar-refractivity contribution in [3.8, 4) is 0 Å². The van der Waals surface area contributed by atoms with E-state index in [1.807, 2.05) is 6.07 Å². The number of aromatic nitrogens is 1. The highest BCUT2D eigenvalue weighted by Gasteiger charge is 2.04. The van der Waals surface area contributed by atoms with Gasteiger partial charge in [-0.15, -0.1) is 0 Å². The van der Waals surface area contributed by atoms with Crippen LogP contribution >= 0.6 is 11.6 Å². The lowest BCUT2D eigenvalue weighted by Gasteiger charge is -2.00. The highest BCUT2D eigenvalue weighted by atomic mass is 35.5. The summed E-state index contributed by atoms with van der Waals surface area (Å²) >= 11 is 6.00. The number of nitrogens with zero attached hydrogens (tertiary/aromatic N) is 1. The maximum absolute atomic E-state index is 6.00. The highest BCUT2D eigenvalue weighted by molar-refractivity contribution is 6.32. The summed E-state index contributed by atoms with van der Waals surface area (Å²) in [5.41, 5.74) is 8.01. The predicted molar refractivity (Wildman–Crippen MR) is 51.8 cm³/mol. The van der Waals surface area contributed by atoms with Crippen molar-refractivity contribution in [2.24, 2.45) is 5.73 Å². The zero-order valence-electron chi connectivity index (χ0n) is 6.96. The van der Waals surface area contributed by atoms with Crippen molar-refractivity contribution >= 4 is 22.7 Å². The van der Waals surface area contributed by atoms with Gasteiger partial charge in [0, 0.05) is 11.1 Å². The number of hydrogen-bond acceptors (Lipinski definition) is 3. The average molecular weight is 197 g/mol. The lowest BCUT2D eigenvalue weighted by atomic mass is 10.1.